The van der Waals surface area contributed by atoms with Crippen LogP contribution in [0.15, 0.2) is 36.5 Å². The summed E-state index contributed by atoms with van der Waals surface area (Å²) < 4.78 is 0. The fourth-order valence-electron chi connectivity index (χ4n) is 2.84. The first-order chi connectivity index (χ1) is 11.8. The van der Waals surface area contributed by atoms with Crippen LogP contribution in [0.4, 0.5) is 5.82 Å². The van der Waals surface area contributed by atoms with Crippen LogP contribution in [0.3, 0.4) is 0 Å². The van der Waals surface area contributed by atoms with Crippen molar-refractivity contribution >= 4 is 16.9 Å². The van der Waals surface area contributed by atoms with Gasteiger partial charge in [-0.15, -0.1) is 0 Å². The maximum atomic E-state index is 4.72. The highest BCUT2D eigenvalue weighted by atomic mass is 15.2. The Labute approximate surface area is 142 Å². The van der Waals surface area contributed by atoms with Crippen LogP contribution in [-0.2, 0) is 0 Å². The van der Waals surface area contributed by atoms with E-state index in [4.69, 9.17) is 4.98 Å². The Kier molecular flexibility index (Phi) is 5.41. The summed E-state index contributed by atoms with van der Waals surface area (Å²) in [5, 5.41) is 11.8. The van der Waals surface area contributed by atoms with E-state index in [2.05, 4.69) is 34.3 Å². The fraction of sp³-hybridized carbons (Fsp3) is 0.421. The molecule has 0 spiro atoms. The molecule has 0 aliphatic carbocycles. The van der Waals surface area contributed by atoms with Crippen molar-refractivity contribution in [2.24, 2.45) is 5.92 Å². The van der Waals surface area contributed by atoms with Crippen molar-refractivity contribution in [3.8, 4) is 11.4 Å². The van der Waals surface area contributed by atoms with E-state index in [1.807, 2.05) is 30.3 Å². The van der Waals surface area contributed by atoms with Crippen LogP contribution in [-0.4, -0.2) is 26.7 Å². The molecule has 3 heterocycles. The molecule has 0 aliphatic rings. The second-order valence-electron chi connectivity index (χ2n) is 6.36. The standard InChI is InChI=1S/C19H25N5/c1-3-4-5-8-14(2)13-21-17-11-6-10-16(22-17)18-15-9-7-12-20-19(15)24-23-18/h6-7,9-12,14H,3-5,8,13H2,1-2H3,(H,21,22)(H,20,23,24). The van der Waals surface area contributed by atoms with Crippen molar-refractivity contribution in [3.63, 3.8) is 0 Å². The Balaban J connectivity index is 1.68. The number of H-pyrrole nitrogens is 1. The lowest BCUT2D eigenvalue weighted by molar-refractivity contribution is 0.515. The van der Waals surface area contributed by atoms with Crippen LogP contribution < -0.4 is 5.32 Å². The van der Waals surface area contributed by atoms with Crippen molar-refractivity contribution in [1.29, 1.82) is 0 Å². The molecule has 1 atom stereocenters. The SMILES string of the molecule is CCCCCC(C)CNc1cccc(-c2[nH]nc3ncccc23)n1. The summed E-state index contributed by atoms with van der Waals surface area (Å²) in [5.74, 6) is 1.56. The number of nitrogens with zero attached hydrogens (tertiary/aromatic N) is 3. The van der Waals surface area contributed by atoms with Crippen LogP contribution in [0, 0.1) is 5.92 Å². The quantitative estimate of drug-likeness (QED) is 0.592. The predicted molar refractivity (Wildman–Crippen MR) is 98.9 cm³/mol. The first-order valence-electron chi connectivity index (χ1n) is 8.78. The lowest BCUT2D eigenvalue weighted by Gasteiger charge is -2.13. The summed E-state index contributed by atoms with van der Waals surface area (Å²) in [7, 11) is 0. The van der Waals surface area contributed by atoms with E-state index in [0.29, 0.717) is 5.92 Å². The fourth-order valence-corrected chi connectivity index (χ4v) is 2.84. The van der Waals surface area contributed by atoms with Gasteiger partial charge in [0.05, 0.1) is 11.4 Å². The molecular formula is C19H25N5. The topological polar surface area (TPSA) is 66.5 Å². The Morgan fingerprint density at radius 2 is 2.08 bits per heavy atom. The third kappa shape index (κ3) is 3.91. The van der Waals surface area contributed by atoms with Gasteiger partial charge in [0, 0.05) is 18.1 Å². The molecule has 0 aliphatic heterocycles. The molecule has 2 N–H and O–H groups in total. The lowest BCUT2D eigenvalue weighted by Crippen LogP contribution is -2.12. The number of pyridine rings is 2. The van der Waals surface area contributed by atoms with Crippen LogP contribution in [0.2, 0.25) is 0 Å². The average Bonchev–Trinajstić information content (AvgIpc) is 3.05. The molecular weight excluding hydrogens is 298 g/mol. The zero-order valence-electron chi connectivity index (χ0n) is 14.4. The van der Waals surface area contributed by atoms with E-state index in [1.165, 1.54) is 25.7 Å². The van der Waals surface area contributed by atoms with Gasteiger partial charge >= 0.3 is 0 Å². The van der Waals surface area contributed by atoms with Crippen molar-refractivity contribution < 1.29 is 0 Å². The smallest absolute Gasteiger partial charge is 0.181 e. The first-order valence-corrected chi connectivity index (χ1v) is 8.78. The summed E-state index contributed by atoms with van der Waals surface area (Å²) in [6.07, 6.45) is 6.91. The van der Waals surface area contributed by atoms with E-state index in [-0.39, 0.29) is 0 Å². The van der Waals surface area contributed by atoms with E-state index < -0.39 is 0 Å². The van der Waals surface area contributed by atoms with Gasteiger partial charge in [-0.05, 0) is 36.6 Å². The van der Waals surface area contributed by atoms with Gasteiger partial charge in [0.2, 0.25) is 0 Å². The van der Waals surface area contributed by atoms with E-state index in [1.54, 1.807) is 6.20 Å². The van der Waals surface area contributed by atoms with Gasteiger partial charge in [-0.3, -0.25) is 5.10 Å². The molecule has 24 heavy (non-hydrogen) atoms. The first kappa shape index (κ1) is 16.4. The number of fused-ring (bicyclic) bond motifs is 1. The van der Waals surface area contributed by atoms with Crippen LogP contribution in [0.5, 0.6) is 0 Å². The molecule has 0 saturated carbocycles. The Morgan fingerprint density at radius 1 is 1.17 bits per heavy atom. The molecule has 3 aromatic heterocycles. The Morgan fingerprint density at radius 3 is 2.96 bits per heavy atom. The molecule has 5 heteroatoms. The van der Waals surface area contributed by atoms with Crippen LogP contribution >= 0.6 is 0 Å². The highest BCUT2D eigenvalue weighted by molar-refractivity contribution is 5.89. The minimum atomic E-state index is 0.652. The molecule has 0 saturated heterocycles. The molecule has 5 nitrogen and oxygen atoms in total. The van der Waals surface area contributed by atoms with Gasteiger partial charge in [-0.25, -0.2) is 9.97 Å². The summed E-state index contributed by atoms with van der Waals surface area (Å²) >= 11 is 0. The Bertz CT molecular complexity index is 780. The van der Waals surface area contributed by atoms with Crippen LogP contribution in [0.1, 0.15) is 39.5 Å². The van der Waals surface area contributed by atoms with Gasteiger partial charge < -0.3 is 5.32 Å². The van der Waals surface area contributed by atoms with E-state index in [9.17, 15) is 0 Å². The zero-order valence-corrected chi connectivity index (χ0v) is 14.4. The molecule has 126 valence electrons. The summed E-state index contributed by atoms with van der Waals surface area (Å²) in [4.78, 5) is 8.98. The highest BCUT2D eigenvalue weighted by Crippen LogP contribution is 2.24. The van der Waals surface area contributed by atoms with Crippen molar-refractivity contribution in [2.75, 3.05) is 11.9 Å². The number of anilines is 1. The molecule has 1 unspecified atom stereocenters. The summed E-state index contributed by atoms with van der Waals surface area (Å²) in [6.45, 7) is 5.49. The number of nitrogens with one attached hydrogen (secondary N) is 2. The second-order valence-corrected chi connectivity index (χ2v) is 6.36. The van der Waals surface area contributed by atoms with Gasteiger partial charge in [-0.2, -0.15) is 5.10 Å². The maximum absolute atomic E-state index is 4.72. The molecule has 0 fully saturated rings. The normalized spacial score (nSPS) is 12.4. The third-order valence-electron chi connectivity index (χ3n) is 4.27. The number of hydrogen-bond donors (Lipinski definition) is 2. The van der Waals surface area contributed by atoms with Crippen molar-refractivity contribution in [1.82, 2.24) is 20.2 Å². The van der Waals surface area contributed by atoms with Gasteiger partial charge in [0.25, 0.3) is 0 Å². The third-order valence-corrected chi connectivity index (χ3v) is 4.27. The number of aromatic nitrogens is 4. The van der Waals surface area contributed by atoms with Crippen molar-refractivity contribution in [2.45, 2.75) is 39.5 Å². The minimum Gasteiger partial charge on any atom is -0.370 e. The van der Waals surface area contributed by atoms with Gasteiger partial charge in [0.1, 0.15) is 5.82 Å². The summed E-state index contributed by atoms with van der Waals surface area (Å²) in [5.41, 5.74) is 2.52. The lowest BCUT2D eigenvalue weighted by atomic mass is 10.0. The van der Waals surface area contributed by atoms with Gasteiger partial charge in [-0.1, -0.05) is 39.2 Å². The monoisotopic (exact) mass is 323 g/mol. The number of aromatic amines is 1. The average molecular weight is 323 g/mol. The molecule has 0 aromatic carbocycles. The van der Waals surface area contributed by atoms with Gasteiger partial charge in [0.15, 0.2) is 5.65 Å². The Hall–Kier alpha value is -2.43. The van der Waals surface area contributed by atoms with Crippen LogP contribution in [0.25, 0.3) is 22.4 Å². The molecule has 3 rings (SSSR count). The highest BCUT2D eigenvalue weighted by Gasteiger charge is 2.10. The zero-order chi connectivity index (χ0) is 16.8. The molecule has 0 radical (unpaired) electrons. The second kappa shape index (κ2) is 7.90. The largest absolute Gasteiger partial charge is 0.370 e. The van der Waals surface area contributed by atoms with Crippen molar-refractivity contribution in [3.05, 3.63) is 36.5 Å². The summed E-state index contributed by atoms with van der Waals surface area (Å²) in [6, 6.07) is 9.96. The molecule has 0 amide bonds. The predicted octanol–water partition coefficient (Wildman–Crippen LogP) is 4.65. The number of unbranched alkanes of at least 4 members (excludes halogenated alkanes) is 2. The number of hydrogen-bond acceptors (Lipinski definition) is 4. The maximum Gasteiger partial charge on any atom is 0.181 e. The number of rotatable bonds is 8. The molecule has 0 bridgehead atoms. The molecule has 3 aromatic rings. The minimum absolute atomic E-state index is 0.652. The van der Waals surface area contributed by atoms with E-state index >= 15 is 0 Å². The van der Waals surface area contributed by atoms with E-state index in [0.717, 1.165) is 34.8 Å².